The minimum atomic E-state index is -4.52. The predicted octanol–water partition coefficient (Wildman–Crippen LogP) is 3.18. The van der Waals surface area contributed by atoms with E-state index in [1.807, 2.05) is 0 Å². The van der Waals surface area contributed by atoms with Gasteiger partial charge in [-0.3, -0.25) is 4.79 Å². The third kappa shape index (κ3) is 3.17. The van der Waals surface area contributed by atoms with Gasteiger partial charge in [0.2, 0.25) is 5.91 Å². The van der Waals surface area contributed by atoms with Crippen molar-refractivity contribution < 1.29 is 22.5 Å². The third-order valence-corrected chi connectivity index (χ3v) is 2.71. The Labute approximate surface area is 112 Å². The van der Waals surface area contributed by atoms with Gasteiger partial charge < -0.3 is 9.84 Å². The molecule has 7 heteroatoms. The van der Waals surface area contributed by atoms with Crippen LogP contribution in [-0.2, 0) is 17.4 Å². The molecule has 1 heterocycles. The molecule has 0 fully saturated rings. The molecule has 1 amide bonds. The zero-order valence-corrected chi connectivity index (χ0v) is 10.5. The van der Waals surface area contributed by atoms with E-state index in [9.17, 15) is 18.0 Å². The van der Waals surface area contributed by atoms with Crippen molar-refractivity contribution in [1.29, 1.82) is 0 Å². The van der Waals surface area contributed by atoms with E-state index >= 15 is 0 Å². The number of carbonyl (C=O) groups excluding carboxylic acids is 1. The summed E-state index contributed by atoms with van der Waals surface area (Å²) in [7, 11) is 0. The standard InChI is InChI=1S/C13H11F3N2O2/c1-8-9(7-17-20-8)6-12(19)18-11-5-3-2-4-10(11)13(14,15)16/h2-5,7H,6H2,1H3,(H,18,19). The highest BCUT2D eigenvalue weighted by Crippen LogP contribution is 2.34. The summed E-state index contributed by atoms with van der Waals surface area (Å²) in [6.07, 6.45) is -3.25. The summed E-state index contributed by atoms with van der Waals surface area (Å²) < 4.78 is 43.1. The predicted molar refractivity (Wildman–Crippen MR) is 65.0 cm³/mol. The molecule has 0 spiro atoms. The maximum Gasteiger partial charge on any atom is 0.418 e. The van der Waals surface area contributed by atoms with Gasteiger partial charge in [0.15, 0.2) is 0 Å². The van der Waals surface area contributed by atoms with E-state index < -0.39 is 17.6 Å². The molecule has 0 radical (unpaired) electrons. The molecule has 0 aliphatic heterocycles. The largest absolute Gasteiger partial charge is 0.418 e. The Morgan fingerprint density at radius 1 is 1.35 bits per heavy atom. The average Bonchev–Trinajstić information content (AvgIpc) is 2.74. The molecule has 0 aliphatic carbocycles. The minimum absolute atomic E-state index is 0.0957. The van der Waals surface area contributed by atoms with Crippen LogP contribution in [0.25, 0.3) is 0 Å². The molecule has 1 aromatic heterocycles. The number of hydrogen-bond acceptors (Lipinski definition) is 3. The summed E-state index contributed by atoms with van der Waals surface area (Å²) >= 11 is 0. The van der Waals surface area contributed by atoms with Crippen LogP contribution in [0.3, 0.4) is 0 Å². The van der Waals surface area contributed by atoms with Gasteiger partial charge in [-0.15, -0.1) is 0 Å². The second kappa shape index (κ2) is 5.36. The van der Waals surface area contributed by atoms with E-state index in [1.54, 1.807) is 6.92 Å². The first-order valence-corrected chi connectivity index (χ1v) is 5.74. The van der Waals surface area contributed by atoms with Crippen LogP contribution in [0.15, 0.2) is 35.0 Å². The number of aryl methyl sites for hydroxylation is 1. The normalized spacial score (nSPS) is 11.4. The number of anilines is 1. The van der Waals surface area contributed by atoms with Gasteiger partial charge in [-0.1, -0.05) is 17.3 Å². The summed E-state index contributed by atoms with van der Waals surface area (Å²) in [4.78, 5) is 11.8. The van der Waals surface area contributed by atoms with Crippen molar-refractivity contribution in [1.82, 2.24) is 5.16 Å². The molecule has 0 saturated carbocycles. The number of para-hydroxylation sites is 1. The average molecular weight is 284 g/mol. The molecule has 20 heavy (non-hydrogen) atoms. The quantitative estimate of drug-likeness (QED) is 0.941. The molecule has 0 atom stereocenters. The number of halogens is 3. The molecule has 0 bridgehead atoms. The van der Waals surface area contributed by atoms with Gasteiger partial charge in [0, 0.05) is 5.56 Å². The Kier molecular flexibility index (Phi) is 3.78. The Hall–Kier alpha value is -2.31. The first-order chi connectivity index (χ1) is 9.38. The van der Waals surface area contributed by atoms with Gasteiger partial charge in [0.05, 0.1) is 23.9 Å². The smallest absolute Gasteiger partial charge is 0.361 e. The van der Waals surface area contributed by atoms with Crippen molar-refractivity contribution in [2.24, 2.45) is 0 Å². The van der Waals surface area contributed by atoms with Crippen LogP contribution in [0.5, 0.6) is 0 Å². The molecule has 2 aromatic rings. The molecule has 1 aromatic carbocycles. The zero-order valence-electron chi connectivity index (χ0n) is 10.5. The van der Waals surface area contributed by atoms with Crippen molar-refractivity contribution in [3.63, 3.8) is 0 Å². The van der Waals surface area contributed by atoms with Gasteiger partial charge in [-0.2, -0.15) is 13.2 Å². The molecular formula is C13H11F3N2O2. The topological polar surface area (TPSA) is 55.1 Å². The Balaban J connectivity index is 2.15. The van der Waals surface area contributed by atoms with Crippen LogP contribution in [-0.4, -0.2) is 11.1 Å². The lowest BCUT2D eigenvalue weighted by Crippen LogP contribution is -2.18. The SMILES string of the molecule is Cc1oncc1CC(=O)Nc1ccccc1C(F)(F)F. The number of amides is 1. The molecular weight excluding hydrogens is 273 g/mol. The molecule has 0 unspecified atom stereocenters. The number of aromatic nitrogens is 1. The fourth-order valence-corrected chi connectivity index (χ4v) is 1.70. The maximum absolute atomic E-state index is 12.8. The van der Waals surface area contributed by atoms with Crippen molar-refractivity contribution in [2.75, 3.05) is 5.32 Å². The summed E-state index contributed by atoms with van der Waals surface area (Å²) in [5.74, 6) is -0.0998. The van der Waals surface area contributed by atoms with Crippen LogP contribution in [0, 0.1) is 6.92 Å². The Bertz CT molecular complexity index is 620. The number of nitrogens with zero attached hydrogens (tertiary/aromatic N) is 1. The first kappa shape index (κ1) is 14.1. The summed E-state index contributed by atoms with van der Waals surface area (Å²) in [5.41, 5.74) is -0.610. The molecule has 4 nitrogen and oxygen atoms in total. The molecule has 1 N–H and O–H groups in total. The van der Waals surface area contributed by atoms with E-state index in [0.29, 0.717) is 11.3 Å². The van der Waals surface area contributed by atoms with Crippen molar-refractivity contribution in [3.05, 3.63) is 47.3 Å². The van der Waals surface area contributed by atoms with Gasteiger partial charge in [-0.25, -0.2) is 0 Å². The lowest BCUT2D eigenvalue weighted by molar-refractivity contribution is -0.137. The van der Waals surface area contributed by atoms with E-state index in [0.717, 1.165) is 6.07 Å². The van der Waals surface area contributed by atoms with Gasteiger partial charge >= 0.3 is 6.18 Å². The van der Waals surface area contributed by atoms with Gasteiger partial charge in [0.25, 0.3) is 0 Å². The monoisotopic (exact) mass is 284 g/mol. The fraction of sp³-hybridized carbons (Fsp3) is 0.231. The Morgan fingerprint density at radius 2 is 2.05 bits per heavy atom. The highest BCUT2D eigenvalue weighted by Gasteiger charge is 2.33. The second-order valence-corrected chi connectivity index (χ2v) is 4.18. The Morgan fingerprint density at radius 3 is 2.65 bits per heavy atom. The number of carbonyl (C=O) groups is 1. The van der Waals surface area contributed by atoms with E-state index in [1.165, 1.54) is 24.4 Å². The highest BCUT2D eigenvalue weighted by atomic mass is 19.4. The maximum atomic E-state index is 12.8. The number of alkyl halides is 3. The van der Waals surface area contributed by atoms with Crippen LogP contribution in [0.1, 0.15) is 16.9 Å². The summed E-state index contributed by atoms with van der Waals surface area (Å²) in [6, 6.07) is 4.82. The summed E-state index contributed by atoms with van der Waals surface area (Å²) in [5, 5.41) is 5.76. The molecule has 0 saturated heterocycles. The molecule has 106 valence electrons. The lowest BCUT2D eigenvalue weighted by Gasteiger charge is -2.13. The third-order valence-electron chi connectivity index (χ3n) is 2.71. The zero-order chi connectivity index (χ0) is 14.8. The van der Waals surface area contributed by atoms with E-state index in [4.69, 9.17) is 4.52 Å². The van der Waals surface area contributed by atoms with Crippen LogP contribution in [0.2, 0.25) is 0 Å². The molecule has 2 rings (SSSR count). The first-order valence-electron chi connectivity index (χ1n) is 5.74. The number of nitrogens with one attached hydrogen (secondary N) is 1. The van der Waals surface area contributed by atoms with Crippen molar-refractivity contribution in [2.45, 2.75) is 19.5 Å². The van der Waals surface area contributed by atoms with Gasteiger partial charge in [0.1, 0.15) is 5.76 Å². The summed E-state index contributed by atoms with van der Waals surface area (Å²) in [6.45, 7) is 1.62. The lowest BCUT2D eigenvalue weighted by atomic mass is 10.1. The van der Waals surface area contributed by atoms with Gasteiger partial charge in [-0.05, 0) is 19.1 Å². The molecule has 0 aliphatic rings. The number of hydrogen-bond donors (Lipinski definition) is 1. The van der Waals surface area contributed by atoms with E-state index in [-0.39, 0.29) is 12.1 Å². The highest BCUT2D eigenvalue weighted by molar-refractivity contribution is 5.93. The number of rotatable bonds is 3. The minimum Gasteiger partial charge on any atom is -0.361 e. The van der Waals surface area contributed by atoms with Crippen LogP contribution in [0.4, 0.5) is 18.9 Å². The second-order valence-electron chi connectivity index (χ2n) is 4.18. The fourth-order valence-electron chi connectivity index (χ4n) is 1.70. The van der Waals surface area contributed by atoms with Crippen LogP contribution >= 0.6 is 0 Å². The number of benzene rings is 1. The van der Waals surface area contributed by atoms with E-state index in [2.05, 4.69) is 10.5 Å². The van der Waals surface area contributed by atoms with Crippen molar-refractivity contribution >= 4 is 11.6 Å². The van der Waals surface area contributed by atoms with Crippen LogP contribution < -0.4 is 5.32 Å². The van der Waals surface area contributed by atoms with Crippen molar-refractivity contribution in [3.8, 4) is 0 Å².